The van der Waals surface area contributed by atoms with Crippen LogP contribution in [0.25, 0.3) is 11.1 Å². The smallest absolute Gasteiger partial charge is 0.220 e. The van der Waals surface area contributed by atoms with Crippen LogP contribution in [0.4, 0.5) is 0 Å². The van der Waals surface area contributed by atoms with Crippen molar-refractivity contribution >= 4 is 11.8 Å². The molecule has 282 valence electrons. The van der Waals surface area contributed by atoms with Crippen molar-refractivity contribution in [3.63, 3.8) is 0 Å². The summed E-state index contributed by atoms with van der Waals surface area (Å²) in [5, 5.41) is 36.3. The fourth-order valence-electron chi connectivity index (χ4n) is 6.71. The molecule has 5 rings (SSSR count). The average molecular weight is 724 g/mol. The molecule has 1 aliphatic heterocycles. The average Bonchev–Trinajstić information content (AvgIpc) is 3.16. The van der Waals surface area contributed by atoms with Crippen molar-refractivity contribution in [3.8, 4) is 16.9 Å². The number of rotatable bonds is 17. The minimum absolute atomic E-state index is 0.00683. The van der Waals surface area contributed by atoms with Gasteiger partial charge in [0.1, 0.15) is 5.75 Å². The highest BCUT2D eigenvalue weighted by Crippen LogP contribution is 2.42. The lowest BCUT2D eigenvalue weighted by molar-refractivity contribution is -0.276. The van der Waals surface area contributed by atoms with Gasteiger partial charge in [0.25, 0.3) is 0 Å². The van der Waals surface area contributed by atoms with E-state index in [1.54, 1.807) is 24.3 Å². The van der Waals surface area contributed by atoms with E-state index in [0.717, 1.165) is 52.6 Å². The summed E-state index contributed by atoms with van der Waals surface area (Å²) < 4.78 is 13.4. The molecule has 5 atom stereocenters. The molecular formula is C43H53N3O7. The van der Waals surface area contributed by atoms with Gasteiger partial charge in [-0.05, 0) is 77.5 Å². The quantitative estimate of drug-likeness (QED) is 0.0798. The second-order valence-electron chi connectivity index (χ2n) is 14.1. The molecule has 2 amide bonds. The first-order chi connectivity index (χ1) is 25.6. The Bertz CT molecular complexity index is 1780. The molecule has 4 aromatic rings. The molecule has 0 radical (unpaired) electrons. The fourth-order valence-corrected chi connectivity index (χ4v) is 6.71. The first-order valence-corrected chi connectivity index (χ1v) is 18.5. The van der Waals surface area contributed by atoms with E-state index in [4.69, 9.17) is 9.47 Å². The molecule has 10 heteroatoms. The standard InChI is InChI=1S/C43H53N3O7/c1-29-40(27-46(3)26-39(50)36-13-9-15-38(49)24-36)52-43(53-42(29)33-19-17-31(28-47)18-20-33)37-14-8-12-35(23-37)34-11-7-10-32(22-34)25-45-41(51)16-5-4-6-21-44-30(2)48/h7-15,17-20,22-24,29,39-40,42-43,47,49-50H,4-6,16,21,25-28H2,1-3H3,(H,44,48)(H,45,51)/t29-,39-,40+,42+,43+/m1/s1. The number of phenolic OH excluding ortho intramolecular Hbond substituents is 1. The number of unbranched alkanes of at least 4 members (excludes halogenated alkanes) is 2. The summed E-state index contributed by atoms with van der Waals surface area (Å²) in [6.45, 7) is 5.52. The number of hydrogen-bond acceptors (Lipinski definition) is 8. The highest BCUT2D eigenvalue weighted by molar-refractivity contribution is 5.76. The fraction of sp³-hybridized carbons (Fsp3) is 0.395. The van der Waals surface area contributed by atoms with Gasteiger partial charge in [-0.2, -0.15) is 0 Å². The van der Waals surface area contributed by atoms with E-state index in [2.05, 4.69) is 29.7 Å². The molecular weight excluding hydrogens is 670 g/mol. The maximum absolute atomic E-state index is 12.5. The number of ether oxygens (including phenoxy) is 2. The summed E-state index contributed by atoms with van der Waals surface area (Å²) in [7, 11) is 1.95. The Kier molecular flexibility index (Phi) is 14.6. The summed E-state index contributed by atoms with van der Waals surface area (Å²) in [6.07, 6.45) is 0.972. The number of likely N-dealkylation sites (N-methyl/N-ethyl adjacent to an activating group) is 1. The molecule has 0 bridgehead atoms. The molecule has 0 aromatic heterocycles. The predicted molar refractivity (Wildman–Crippen MR) is 204 cm³/mol. The minimum atomic E-state index is -0.784. The summed E-state index contributed by atoms with van der Waals surface area (Å²) in [6, 6.07) is 30.7. The Balaban J connectivity index is 1.27. The summed E-state index contributed by atoms with van der Waals surface area (Å²) in [5.41, 5.74) is 6.33. The van der Waals surface area contributed by atoms with Gasteiger partial charge in [-0.1, -0.05) is 86.1 Å². The van der Waals surface area contributed by atoms with Crippen LogP contribution < -0.4 is 10.6 Å². The Labute approximate surface area is 312 Å². The van der Waals surface area contributed by atoms with Crippen LogP contribution in [-0.2, 0) is 32.2 Å². The number of carbonyl (C=O) groups excluding carboxylic acids is 2. The molecule has 1 heterocycles. The zero-order valence-corrected chi connectivity index (χ0v) is 30.9. The number of aliphatic hydroxyl groups is 2. The van der Waals surface area contributed by atoms with Gasteiger partial charge in [-0.25, -0.2) is 0 Å². The SMILES string of the molecule is CC(=O)NCCCCCC(=O)NCc1cccc(-c2cccc([C@H]3O[C@@H](CN(C)C[C@@H](O)c4cccc(O)c4)[C@@H](C)[C@@H](c4ccc(CO)cc4)O3)c2)c1. The van der Waals surface area contributed by atoms with Gasteiger partial charge in [-0.3, -0.25) is 9.59 Å². The largest absolute Gasteiger partial charge is 0.508 e. The van der Waals surface area contributed by atoms with Crippen molar-refractivity contribution in [2.75, 3.05) is 26.7 Å². The van der Waals surface area contributed by atoms with Crippen LogP contribution in [0, 0.1) is 5.92 Å². The summed E-state index contributed by atoms with van der Waals surface area (Å²) >= 11 is 0. The van der Waals surface area contributed by atoms with E-state index in [9.17, 15) is 24.9 Å². The number of amides is 2. The number of hydrogen-bond donors (Lipinski definition) is 5. The normalized spacial score (nSPS) is 19.1. The van der Waals surface area contributed by atoms with Crippen molar-refractivity contribution in [1.29, 1.82) is 0 Å². The number of benzene rings is 4. The predicted octanol–water partition coefficient (Wildman–Crippen LogP) is 6.32. The van der Waals surface area contributed by atoms with Gasteiger partial charge in [0.15, 0.2) is 6.29 Å². The van der Waals surface area contributed by atoms with Crippen LogP contribution in [0.15, 0.2) is 97.1 Å². The first kappa shape index (κ1) is 39.6. The Morgan fingerprint density at radius 1 is 0.830 bits per heavy atom. The number of aromatic hydroxyl groups is 1. The number of aliphatic hydroxyl groups excluding tert-OH is 2. The third-order valence-corrected chi connectivity index (χ3v) is 9.72. The van der Waals surface area contributed by atoms with Crippen LogP contribution >= 0.6 is 0 Å². The molecule has 1 saturated heterocycles. The van der Waals surface area contributed by atoms with Gasteiger partial charge >= 0.3 is 0 Å². The number of nitrogens with one attached hydrogen (secondary N) is 2. The third-order valence-electron chi connectivity index (χ3n) is 9.72. The molecule has 5 N–H and O–H groups in total. The number of carbonyl (C=O) groups is 2. The maximum Gasteiger partial charge on any atom is 0.220 e. The topological polar surface area (TPSA) is 141 Å². The van der Waals surface area contributed by atoms with Crippen LogP contribution in [0.3, 0.4) is 0 Å². The summed E-state index contributed by atoms with van der Waals surface area (Å²) in [5.74, 6) is 0.0480. The second kappa shape index (κ2) is 19.5. The van der Waals surface area contributed by atoms with Crippen LogP contribution in [-0.4, -0.2) is 64.8 Å². The van der Waals surface area contributed by atoms with Gasteiger partial charge < -0.3 is 40.3 Å². The second-order valence-corrected chi connectivity index (χ2v) is 14.1. The monoisotopic (exact) mass is 723 g/mol. The number of phenols is 1. The lowest BCUT2D eigenvalue weighted by Crippen LogP contribution is -2.44. The number of nitrogens with zero attached hydrogens (tertiary/aromatic N) is 1. The molecule has 1 aliphatic rings. The molecule has 4 aromatic carbocycles. The van der Waals surface area contributed by atoms with E-state index in [0.29, 0.717) is 38.2 Å². The van der Waals surface area contributed by atoms with E-state index in [1.807, 2.05) is 72.6 Å². The van der Waals surface area contributed by atoms with Crippen LogP contribution in [0.1, 0.15) is 85.8 Å². The molecule has 53 heavy (non-hydrogen) atoms. The van der Waals surface area contributed by atoms with Gasteiger partial charge in [0.05, 0.1) is 24.9 Å². The van der Waals surface area contributed by atoms with E-state index in [1.165, 1.54) is 6.92 Å². The van der Waals surface area contributed by atoms with Crippen molar-refractivity contribution in [1.82, 2.24) is 15.5 Å². The van der Waals surface area contributed by atoms with Crippen LogP contribution in [0.2, 0.25) is 0 Å². The molecule has 0 unspecified atom stereocenters. The lowest BCUT2D eigenvalue weighted by Gasteiger charge is -2.42. The Morgan fingerprint density at radius 2 is 1.57 bits per heavy atom. The molecule has 0 spiro atoms. The van der Waals surface area contributed by atoms with Crippen molar-refractivity contribution < 1.29 is 34.4 Å². The Hall–Kier alpha value is -4.58. The molecule has 0 saturated carbocycles. The Morgan fingerprint density at radius 3 is 2.30 bits per heavy atom. The van der Waals surface area contributed by atoms with E-state index in [-0.39, 0.29) is 42.3 Å². The summed E-state index contributed by atoms with van der Waals surface area (Å²) in [4.78, 5) is 25.5. The highest BCUT2D eigenvalue weighted by Gasteiger charge is 2.39. The molecule has 0 aliphatic carbocycles. The van der Waals surface area contributed by atoms with Crippen molar-refractivity contribution in [2.45, 2.75) is 77.3 Å². The third kappa shape index (κ3) is 11.7. The zero-order chi connectivity index (χ0) is 37.7. The zero-order valence-electron chi connectivity index (χ0n) is 30.9. The van der Waals surface area contributed by atoms with Gasteiger partial charge in [-0.15, -0.1) is 0 Å². The first-order valence-electron chi connectivity index (χ1n) is 18.5. The van der Waals surface area contributed by atoms with Gasteiger partial charge in [0, 0.05) is 51.0 Å². The van der Waals surface area contributed by atoms with Crippen LogP contribution in [0.5, 0.6) is 5.75 Å². The minimum Gasteiger partial charge on any atom is -0.508 e. The molecule has 10 nitrogen and oxygen atoms in total. The van der Waals surface area contributed by atoms with Gasteiger partial charge in [0.2, 0.25) is 11.8 Å². The maximum atomic E-state index is 12.5. The highest BCUT2D eigenvalue weighted by atomic mass is 16.7. The van der Waals surface area contributed by atoms with Crippen molar-refractivity contribution in [3.05, 3.63) is 125 Å². The lowest BCUT2D eigenvalue weighted by atomic mass is 9.89. The molecule has 1 fully saturated rings. The van der Waals surface area contributed by atoms with Crippen molar-refractivity contribution in [2.24, 2.45) is 5.92 Å². The van der Waals surface area contributed by atoms with E-state index < -0.39 is 12.4 Å². The van der Waals surface area contributed by atoms with E-state index >= 15 is 0 Å².